The zero-order valence-corrected chi connectivity index (χ0v) is 11.1. The van der Waals surface area contributed by atoms with Crippen LogP contribution in [-0.2, 0) is 6.18 Å². The Labute approximate surface area is 115 Å². The molecule has 2 rings (SSSR count). The zero-order valence-electron chi connectivity index (χ0n) is 11.1. The van der Waals surface area contributed by atoms with E-state index in [4.69, 9.17) is 0 Å². The quantitative estimate of drug-likeness (QED) is 0.913. The summed E-state index contributed by atoms with van der Waals surface area (Å²) in [5, 5.41) is 6.81. The molecule has 1 atom stereocenters. The smallest absolute Gasteiger partial charge is 0.315 e. The lowest BCUT2D eigenvalue weighted by molar-refractivity contribution is -0.141. The van der Waals surface area contributed by atoms with Gasteiger partial charge in [-0.3, -0.25) is 4.68 Å². The fourth-order valence-corrected chi connectivity index (χ4v) is 1.98. The van der Waals surface area contributed by atoms with Crippen LogP contribution < -0.4 is 5.32 Å². The van der Waals surface area contributed by atoms with Gasteiger partial charge in [-0.1, -0.05) is 37.3 Å². The van der Waals surface area contributed by atoms with Gasteiger partial charge < -0.3 is 5.32 Å². The molecule has 0 aliphatic heterocycles. The Morgan fingerprint density at radius 2 is 1.90 bits per heavy atom. The van der Waals surface area contributed by atoms with Gasteiger partial charge in [0.15, 0.2) is 5.69 Å². The van der Waals surface area contributed by atoms with Gasteiger partial charge in [0.1, 0.15) is 0 Å². The summed E-state index contributed by atoms with van der Waals surface area (Å²) in [4.78, 5) is 0. The highest BCUT2D eigenvalue weighted by molar-refractivity contribution is 5.20. The van der Waals surface area contributed by atoms with Crippen molar-refractivity contribution in [1.82, 2.24) is 15.1 Å². The van der Waals surface area contributed by atoms with Gasteiger partial charge in [-0.2, -0.15) is 18.3 Å². The number of hydrogen-bond donors (Lipinski definition) is 1. The number of alkyl halides is 3. The molecule has 1 heterocycles. The monoisotopic (exact) mass is 283 g/mol. The number of likely N-dealkylation sites (N-methyl/N-ethyl adjacent to an activating group) is 1. The molecule has 0 saturated carbocycles. The van der Waals surface area contributed by atoms with Gasteiger partial charge in [0.25, 0.3) is 0 Å². The Kier molecular flexibility index (Phi) is 4.44. The molecule has 0 aliphatic carbocycles. The van der Waals surface area contributed by atoms with Gasteiger partial charge in [-0.15, -0.1) is 0 Å². The molecule has 0 fully saturated rings. The summed E-state index contributed by atoms with van der Waals surface area (Å²) in [6.45, 7) is 3.22. The second-order valence-corrected chi connectivity index (χ2v) is 4.41. The molecule has 1 aromatic carbocycles. The molecule has 108 valence electrons. The molecule has 1 unspecified atom stereocenters. The van der Waals surface area contributed by atoms with E-state index in [9.17, 15) is 13.2 Å². The minimum absolute atomic E-state index is 0.257. The first-order valence-corrected chi connectivity index (χ1v) is 6.40. The predicted molar refractivity (Wildman–Crippen MR) is 70.4 cm³/mol. The molecule has 0 aliphatic rings. The number of benzene rings is 1. The standard InChI is InChI=1S/C14H16F3N3/c1-2-18-10-12(11-6-4-3-5-7-11)20-9-8-13(19-20)14(15,16)17/h3-9,12,18H,2,10H2,1H3. The van der Waals surface area contributed by atoms with Crippen LogP contribution in [0.15, 0.2) is 42.6 Å². The molecule has 3 nitrogen and oxygen atoms in total. The molecule has 0 spiro atoms. The summed E-state index contributed by atoms with van der Waals surface area (Å²) >= 11 is 0. The van der Waals surface area contributed by atoms with Crippen molar-refractivity contribution in [3.05, 3.63) is 53.9 Å². The highest BCUT2D eigenvalue weighted by Crippen LogP contribution is 2.28. The molecule has 1 aromatic heterocycles. The van der Waals surface area contributed by atoms with Crippen LogP contribution in [0.1, 0.15) is 24.2 Å². The average Bonchev–Trinajstić information content (AvgIpc) is 2.90. The SMILES string of the molecule is CCNCC(c1ccccc1)n1ccc(C(F)(F)F)n1. The van der Waals surface area contributed by atoms with Gasteiger partial charge in [-0.05, 0) is 18.2 Å². The van der Waals surface area contributed by atoms with Gasteiger partial charge in [0.2, 0.25) is 0 Å². The van der Waals surface area contributed by atoms with E-state index in [0.717, 1.165) is 18.2 Å². The molecule has 0 bridgehead atoms. The maximum Gasteiger partial charge on any atom is 0.435 e. The van der Waals surface area contributed by atoms with Gasteiger partial charge >= 0.3 is 6.18 Å². The topological polar surface area (TPSA) is 29.9 Å². The third kappa shape index (κ3) is 3.39. The molecule has 20 heavy (non-hydrogen) atoms. The van der Waals surface area contributed by atoms with Crippen molar-refractivity contribution in [2.45, 2.75) is 19.1 Å². The summed E-state index contributed by atoms with van der Waals surface area (Å²) in [6.07, 6.45) is -3.04. The minimum atomic E-state index is -4.41. The molecule has 0 amide bonds. The van der Waals surface area contributed by atoms with Crippen molar-refractivity contribution in [2.75, 3.05) is 13.1 Å². The Morgan fingerprint density at radius 1 is 1.20 bits per heavy atom. The second-order valence-electron chi connectivity index (χ2n) is 4.41. The van der Waals surface area contributed by atoms with Crippen LogP contribution in [-0.4, -0.2) is 22.9 Å². The molecule has 1 N–H and O–H groups in total. The van der Waals surface area contributed by atoms with Crippen molar-refractivity contribution >= 4 is 0 Å². The number of halogens is 3. The Hall–Kier alpha value is -1.82. The van der Waals surface area contributed by atoms with Crippen LogP contribution in [0.2, 0.25) is 0 Å². The highest BCUT2D eigenvalue weighted by Gasteiger charge is 2.34. The summed E-state index contributed by atoms with van der Waals surface area (Å²) in [5.74, 6) is 0. The lowest BCUT2D eigenvalue weighted by Crippen LogP contribution is -2.26. The first kappa shape index (κ1) is 14.6. The number of aromatic nitrogens is 2. The van der Waals surface area contributed by atoms with Crippen LogP contribution in [0, 0.1) is 0 Å². The van der Waals surface area contributed by atoms with E-state index in [1.165, 1.54) is 10.9 Å². The van der Waals surface area contributed by atoms with E-state index in [1.807, 2.05) is 37.3 Å². The fraction of sp³-hybridized carbons (Fsp3) is 0.357. The number of nitrogens with zero attached hydrogens (tertiary/aromatic N) is 2. The largest absolute Gasteiger partial charge is 0.435 e. The van der Waals surface area contributed by atoms with Crippen molar-refractivity contribution in [1.29, 1.82) is 0 Å². The first-order valence-electron chi connectivity index (χ1n) is 6.40. The van der Waals surface area contributed by atoms with E-state index in [2.05, 4.69) is 10.4 Å². The van der Waals surface area contributed by atoms with Crippen LogP contribution >= 0.6 is 0 Å². The lowest BCUT2D eigenvalue weighted by atomic mass is 10.1. The molecular formula is C14H16F3N3. The lowest BCUT2D eigenvalue weighted by Gasteiger charge is -2.18. The normalized spacial score (nSPS) is 13.4. The van der Waals surface area contributed by atoms with Crippen molar-refractivity contribution in [3.63, 3.8) is 0 Å². The van der Waals surface area contributed by atoms with E-state index in [-0.39, 0.29) is 6.04 Å². The van der Waals surface area contributed by atoms with E-state index >= 15 is 0 Å². The highest BCUT2D eigenvalue weighted by atomic mass is 19.4. The van der Waals surface area contributed by atoms with Crippen LogP contribution in [0.3, 0.4) is 0 Å². The molecule has 0 radical (unpaired) electrons. The Morgan fingerprint density at radius 3 is 2.45 bits per heavy atom. The molecule has 2 aromatic rings. The maximum absolute atomic E-state index is 12.6. The number of hydrogen-bond acceptors (Lipinski definition) is 2. The predicted octanol–water partition coefficient (Wildman–Crippen LogP) is 3.10. The van der Waals surface area contributed by atoms with Crippen LogP contribution in [0.5, 0.6) is 0 Å². The Balaban J connectivity index is 2.29. The van der Waals surface area contributed by atoms with Crippen molar-refractivity contribution in [2.24, 2.45) is 0 Å². The average molecular weight is 283 g/mol. The van der Waals surface area contributed by atoms with Crippen LogP contribution in [0.25, 0.3) is 0 Å². The second kappa shape index (κ2) is 6.09. The van der Waals surface area contributed by atoms with Gasteiger partial charge in [-0.25, -0.2) is 0 Å². The van der Waals surface area contributed by atoms with E-state index in [0.29, 0.717) is 6.54 Å². The molecular weight excluding hydrogens is 267 g/mol. The zero-order chi connectivity index (χ0) is 14.6. The number of nitrogens with one attached hydrogen (secondary N) is 1. The number of rotatable bonds is 5. The van der Waals surface area contributed by atoms with Crippen molar-refractivity contribution < 1.29 is 13.2 Å². The van der Waals surface area contributed by atoms with E-state index < -0.39 is 11.9 Å². The first-order chi connectivity index (χ1) is 9.52. The molecule has 0 saturated heterocycles. The Bertz CT molecular complexity index is 534. The van der Waals surface area contributed by atoms with Gasteiger partial charge in [0.05, 0.1) is 6.04 Å². The summed E-state index contributed by atoms with van der Waals surface area (Å²) in [5.41, 5.74) is 0.0557. The summed E-state index contributed by atoms with van der Waals surface area (Å²) < 4.78 is 39.2. The maximum atomic E-state index is 12.6. The third-order valence-corrected chi connectivity index (χ3v) is 2.99. The van der Waals surface area contributed by atoms with Gasteiger partial charge in [0, 0.05) is 12.7 Å². The summed E-state index contributed by atoms with van der Waals surface area (Å²) in [6, 6.07) is 10.1. The summed E-state index contributed by atoms with van der Waals surface area (Å²) in [7, 11) is 0. The minimum Gasteiger partial charge on any atom is -0.315 e. The van der Waals surface area contributed by atoms with E-state index in [1.54, 1.807) is 0 Å². The molecule has 6 heteroatoms. The third-order valence-electron chi connectivity index (χ3n) is 2.99. The van der Waals surface area contributed by atoms with Crippen LogP contribution in [0.4, 0.5) is 13.2 Å². The van der Waals surface area contributed by atoms with Crippen molar-refractivity contribution in [3.8, 4) is 0 Å². The fourth-order valence-electron chi connectivity index (χ4n) is 1.98.